The van der Waals surface area contributed by atoms with Crippen molar-refractivity contribution in [2.75, 3.05) is 18.9 Å². The zero-order valence-electron chi connectivity index (χ0n) is 16.0. The first-order valence-corrected chi connectivity index (χ1v) is 9.66. The number of ether oxygens (including phenoxy) is 1. The molecule has 1 aliphatic rings. The maximum absolute atomic E-state index is 12.1. The van der Waals surface area contributed by atoms with E-state index in [1.807, 2.05) is 48.5 Å². The van der Waals surface area contributed by atoms with E-state index in [1.54, 1.807) is 0 Å². The Labute approximate surface area is 170 Å². The van der Waals surface area contributed by atoms with Gasteiger partial charge in [0.05, 0.1) is 0 Å². The molecule has 0 radical (unpaired) electrons. The molecule has 0 saturated heterocycles. The van der Waals surface area contributed by atoms with Crippen LogP contribution >= 0.6 is 0 Å². The van der Waals surface area contributed by atoms with Crippen LogP contribution in [0, 0.1) is 11.8 Å². The zero-order chi connectivity index (χ0) is 20.1. The van der Waals surface area contributed by atoms with E-state index in [2.05, 4.69) is 41.4 Å². The van der Waals surface area contributed by atoms with E-state index in [0.29, 0.717) is 25.3 Å². The van der Waals surface area contributed by atoms with Crippen LogP contribution in [0.1, 0.15) is 29.0 Å². The van der Waals surface area contributed by atoms with Crippen LogP contribution in [-0.4, -0.2) is 19.2 Å². The molecule has 29 heavy (non-hydrogen) atoms. The summed E-state index contributed by atoms with van der Waals surface area (Å²) in [7, 11) is 0. The van der Waals surface area contributed by atoms with Crippen molar-refractivity contribution in [3.05, 3.63) is 89.5 Å². The van der Waals surface area contributed by atoms with Crippen LogP contribution in [-0.2, 0) is 4.74 Å². The molecule has 1 amide bonds. The minimum absolute atomic E-state index is 0.0639. The van der Waals surface area contributed by atoms with Crippen LogP contribution in [0.15, 0.2) is 72.8 Å². The number of amides is 1. The lowest BCUT2D eigenvalue weighted by atomic mass is 9.98. The van der Waals surface area contributed by atoms with E-state index in [0.717, 1.165) is 5.56 Å². The molecule has 0 bridgehead atoms. The van der Waals surface area contributed by atoms with Gasteiger partial charge in [0, 0.05) is 30.1 Å². The van der Waals surface area contributed by atoms with E-state index >= 15 is 0 Å². The molecule has 4 nitrogen and oxygen atoms in total. The monoisotopic (exact) mass is 382 g/mol. The number of rotatable bonds is 4. The van der Waals surface area contributed by atoms with E-state index in [1.165, 1.54) is 22.3 Å². The lowest BCUT2D eigenvalue weighted by Crippen LogP contribution is -2.26. The SMILES string of the molecule is Nc1ccccc1C#CCCNC(=O)OCC1c2ccccc2-c2ccccc21. The molecule has 0 fully saturated rings. The van der Waals surface area contributed by atoms with Crippen molar-refractivity contribution in [3.63, 3.8) is 0 Å². The Bertz CT molecular complexity index is 1050. The highest BCUT2D eigenvalue weighted by Gasteiger charge is 2.28. The Morgan fingerprint density at radius 3 is 2.24 bits per heavy atom. The zero-order valence-corrected chi connectivity index (χ0v) is 16.0. The van der Waals surface area contributed by atoms with Gasteiger partial charge in [0.25, 0.3) is 0 Å². The molecule has 3 aromatic rings. The number of nitrogens with two attached hydrogens (primary N) is 1. The smallest absolute Gasteiger partial charge is 0.407 e. The first-order chi connectivity index (χ1) is 14.2. The van der Waals surface area contributed by atoms with Gasteiger partial charge in [-0.25, -0.2) is 4.79 Å². The molecule has 0 spiro atoms. The number of nitrogen functional groups attached to an aromatic ring is 1. The molecular weight excluding hydrogens is 360 g/mol. The second-order valence-electron chi connectivity index (χ2n) is 6.89. The molecule has 0 aromatic heterocycles. The predicted molar refractivity (Wildman–Crippen MR) is 115 cm³/mol. The fourth-order valence-electron chi connectivity index (χ4n) is 3.65. The Kier molecular flexibility index (Phi) is 5.49. The van der Waals surface area contributed by atoms with Crippen molar-refractivity contribution in [2.45, 2.75) is 12.3 Å². The lowest BCUT2D eigenvalue weighted by molar-refractivity contribution is 0.143. The van der Waals surface area contributed by atoms with Crippen LogP contribution in [0.3, 0.4) is 0 Å². The van der Waals surface area contributed by atoms with E-state index in [9.17, 15) is 4.79 Å². The highest BCUT2D eigenvalue weighted by atomic mass is 16.5. The molecule has 0 atom stereocenters. The van der Waals surface area contributed by atoms with Crippen LogP contribution < -0.4 is 11.1 Å². The summed E-state index contributed by atoms with van der Waals surface area (Å²) < 4.78 is 5.51. The van der Waals surface area contributed by atoms with Crippen LogP contribution in [0.2, 0.25) is 0 Å². The summed E-state index contributed by atoms with van der Waals surface area (Å²) >= 11 is 0. The third-order valence-corrected chi connectivity index (χ3v) is 5.05. The third kappa shape index (κ3) is 4.09. The average molecular weight is 382 g/mol. The minimum atomic E-state index is -0.423. The van der Waals surface area contributed by atoms with Gasteiger partial charge in [0.1, 0.15) is 6.61 Å². The average Bonchev–Trinajstić information content (AvgIpc) is 3.07. The number of hydrogen-bond acceptors (Lipinski definition) is 3. The number of alkyl carbamates (subject to hydrolysis) is 1. The molecule has 0 saturated carbocycles. The Morgan fingerprint density at radius 1 is 0.931 bits per heavy atom. The van der Waals surface area contributed by atoms with Gasteiger partial charge in [-0.1, -0.05) is 72.5 Å². The lowest BCUT2D eigenvalue weighted by Gasteiger charge is -2.14. The number of para-hydroxylation sites is 1. The molecule has 4 rings (SSSR count). The summed E-state index contributed by atoms with van der Waals surface area (Å²) in [6.45, 7) is 0.739. The van der Waals surface area contributed by atoms with Crippen LogP contribution in [0.5, 0.6) is 0 Å². The van der Waals surface area contributed by atoms with Crippen LogP contribution in [0.4, 0.5) is 10.5 Å². The third-order valence-electron chi connectivity index (χ3n) is 5.05. The Balaban J connectivity index is 1.30. The van der Waals surface area contributed by atoms with E-state index < -0.39 is 6.09 Å². The normalized spacial score (nSPS) is 11.7. The van der Waals surface area contributed by atoms with Gasteiger partial charge in [0.2, 0.25) is 0 Å². The molecule has 4 heteroatoms. The largest absolute Gasteiger partial charge is 0.449 e. The maximum Gasteiger partial charge on any atom is 0.407 e. The first-order valence-electron chi connectivity index (χ1n) is 9.66. The number of carbonyl (C=O) groups excluding carboxylic acids is 1. The van der Waals surface area contributed by atoms with Crippen molar-refractivity contribution in [1.29, 1.82) is 0 Å². The van der Waals surface area contributed by atoms with Crippen molar-refractivity contribution < 1.29 is 9.53 Å². The quantitative estimate of drug-likeness (QED) is 0.395. The summed E-state index contributed by atoms with van der Waals surface area (Å²) in [5.74, 6) is 6.10. The van der Waals surface area contributed by atoms with E-state index in [4.69, 9.17) is 10.5 Å². The molecular formula is C25H22N2O2. The van der Waals surface area contributed by atoms with Gasteiger partial charge in [-0.05, 0) is 34.4 Å². The van der Waals surface area contributed by atoms with Gasteiger partial charge in [-0.3, -0.25) is 0 Å². The predicted octanol–water partition coefficient (Wildman–Crippen LogP) is 4.55. The number of carbonyl (C=O) groups is 1. The van der Waals surface area contributed by atoms with Gasteiger partial charge >= 0.3 is 6.09 Å². The summed E-state index contributed by atoms with van der Waals surface area (Å²) in [6.07, 6.45) is 0.103. The number of fused-ring (bicyclic) bond motifs is 3. The second kappa shape index (κ2) is 8.53. The molecule has 3 aromatic carbocycles. The number of hydrogen-bond donors (Lipinski definition) is 2. The second-order valence-corrected chi connectivity index (χ2v) is 6.89. The minimum Gasteiger partial charge on any atom is -0.449 e. The fraction of sp³-hybridized carbons (Fsp3) is 0.160. The number of benzene rings is 3. The van der Waals surface area contributed by atoms with Gasteiger partial charge in [-0.2, -0.15) is 0 Å². The summed E-state index contributed by atoms with van der Waals surface area (Å²) in [5, 5.41) is 2.76. The molecule has 3 N–H and O–H groups in total. The van der Waals surface area contributed by atoms with Gasteiger partial charge in [-0.15, -0.1) is 0 Å². The standard InChI is InChI=1S/C25H22N2O2/c26-24-15-6-1-9-18(24)10-7-8-16-27-25(28)29-17-23-21-13-4-2-11-19(21)20-12-3-5-14-22(20)23/h1-6,9,11-15,23H,8,16-17,26H2,(H,27,28). The fourth-order valence-corrected chi connectivity index (χ4v) is 3.65. The Morgan fingerprint density at radius 2 is 1.55 bits per heavy atom. The summed E-state index contributed by atoms with van der Waals surface area (Å²) in [4.78, 5) is 12.1. The van der Waals surface area contributed by atoms with Crippen molar-refractivity contribution in [3.8, 4) is 23.0 Å². The number of anilines is 1. The van der Waals surface area contributed by atoms with Crippen LogP contribution in [0.25, 0.3) is 11.1 Å². The van der Waals surface area contributed by atoms with E-state index in [-0.39, 0.29) is 5.92 Å². The summed E-state index contributed by atoms with van der Waals surface area (Å²) in [6, 6.07) is 24.0. The van der Waals surface area contributed by atoms with Crippen molar-refractivity contribution in [2.24, 2.45) is 0 Å². The summed E-state index contributed by atoms with van der Waals surface area (Å²) in [5.41, 5.74) is 12.1. The topological polar surface area (TPSA) is 64.3 Å². The molecule has 144 valence electrons. The highest BCUT2D eigenvalue weighted by molar-refractivity contribution is 5.79. The van der Waals surface area contributed by atoms with Crippen molar-refractivity contribution in [1.82, 2.24) is 5.32 Å². The molecule has 1 aliphatic carbocycles. The van der Waals surface area contributed by atoms with Gasteiger partial charge in [0.15, 0.2) is 0 Å². The molecule has 0 unspecified atom stereocenters. The van der Waals surface area contributed by atoms with Crippen molar-refractivity contribution >= 4 is 11.8 Å². The first kappa shape index (κ1) is 18.6. The molecule has 0 aliphatic heterocycles. The Hall–Kier alpha value is -3.71. The highest BCUT2D eigenvalue weighted by Crippen LogP contribution is 2.44. The number of nitrogens with one attached hydrogen (secondary N) is 1. The van der Waals surface area contributed by atoms with Gasteiger partial charge < -0.3 is 15.8 Å². The maximum atomic E-state index is 12.1. The molecule has 0 heterocycles.